The lowest BCUT2D eigenvalue weighted by Crippen LogP contribution is -2.14. The van der Waals surface area contributed by atoms with Gasteiger partial charge in [-0.25, -0.2) is 4.39 Å². The zero-order chi connectivity index (χ0) is 18.7. The Morgan fingerprint density at radius 1 is 1.42 bits per heavy atom. The van der Waals surface area contributed by atoms with E-state index >= 15 is 0 Å². The van der Waals surface area contributed by atoms with Gasteiger partial charge < -0.3 is 14.8 Å². The van der Waals surface area contributed by atoms with E-state index in [4.69, 9.17) is 9.47 Å². The van der Waals surface area contributed by atoms with Gasteiger partial charge in [-0.15, -0.1) is 0 Å². The zero-order valence-electron chi connectivity index (χ0n) is 15.1. The number of allylic oxidation sites excluding steroid dienone is 4. The number of benzene rings is 1. The maximum atomic E-state index is 13.9. The first-order valence-electron chi connectivity index (χ1n) is 8.45. The molecule has 1 heterocycles. The molecule has 1 unspecified atom stereocenters. The summed E-state index contributed by atoms with van der Waals surface area (Å²) in [5.74, 6) is 0.290. The van der Waals surface area contributed by atoms with Crippen molar-refractivity contribution in [3.63, 3.8) is 0 Å². The van der Waals surface area contributed by atoms with Gasteiger partial charge in [-0.2, -0.15) is 5.10 Å². The molecule has 6 nitrogen and oxygen atoms in total. The van der Waals surface area contributed by atoms with Gasteiger partial charge in [0.25, 0.3) is 0 Å². The molecule has 0 bridgehead atoms. The van der Waals surface area contributed by atoms with E-state index in [1.165, 1.54) is 13.2 Å². The van der Waals surface area contributed by atoms with Crippen molar-refractivity contribution in [3.05, 3.63) is 35.8 Å². The first-order chi connectivity index (χ1) is 12.5. The smallest absolute Gasteiger partial charge is 0.226 e. The molecule has 138 valence electrons. The van der Waals surface area contributed by atoms with Crippen molar-refractivity contribution >= 4 is 28.1 Å². The van der Waals surface area contributed by atoms with Crippen LogP contribution in [0.25, 0.3) is 16.5 Å². The number of rotatable bonds is 6. The number of nitrogens with zero attached hydrogens (tertiary/aromatic N) is 1. The van der Waals surface area contributed by atoms with Gasteiger partial charge in [-0.05, 0) is 18.1 Å². The number of halogens is 1. The molecular weight excluding hydrogens is 337 g/mol. The number of nitrogens with one attached hydrogen (secondary N) is 2. The number of methoxy groups -OCH3 is 2. The summed E-state index contributed by atoms with van der Waals surface area (Å²) >= 11 is 0. The minimum atomic E-state index is -0.175. The van der Waals surface area contributed by atoms with Crippen molar-refractivity contribution in [1.29, 1.82) is 0 Å². The van der Waals surface area contributed by atoms with Gasteiger partial charge in [-0.3, -0.25) is 9.89 Å². The molecule has 0 fully saturated rings. The van der Waals surface area contributed by atoms with E-state index in [0.717, 1.165) is 16.5 Å². The second kappa shape index (κ2) is 7.70. The number of H-pyrrole nitrogens is 1. The predicted octanol–water partition coefficient (Wildman–Crippen LogP) is 3.82. The Kier molecular flexibility index (Phi) is 5.37. The topological polar surface area (TPSA) is 76.2 Å². The Morgan fingerprint density at radius 2 is 2.23 bits per heavy atom. The standard InChI is InChI=1S/C19H22FN3O3/c1-11-6-12(8-13(20)7-11)19-14-9-16(21-18(24)4-5-25-2)17(26-3)10-15(14)22-23-19/h6,8-11H,4-5,7H2,1-3H3,(H,21,24)(H,22,23). The molecular formula is C19H22FN3O3. The maximum absolute atomic E-state index is 13.9. The second-order valence-corrected chi connectivity index (χ2v) is 6.36. The fourth-order valence-corrected chi connectivity index (χ4v) is 3.03. The quantitative estimate of drug-likeness (QED) is 0.822. The number of anilines is 1. The van der Waals surface area contributed by atoms with Crippen LogP contribution in [0.3, 0.4) is 0 Å². The van der Waals surface area contributed by atoms with Gasteiger partial charge in [-0.1, -0.05) is 13.0 Å². The van der Waals surface area contributed by atoms with E-state index in [0.29, 0.717) is 30.2 Å². The zero-order valence-corrected chi connectivity index (χ0v) is 15.1. The molecule has 3 rings (SSSR count). The van der Waals surface area contributed by atoms with Gasteiger partial charge in [0, 0.05) is 30.6 Å². The van der Waals surface area contributed by atoms with Crippen LogP contribution in [0.1, 0.15) is 25.5 Å². The summed E-state index contributed by atoms with van der Waals surface area (Å²) in [6.45, 7) is 2.30. The first-order valence-corrected chi connectivity index (χ1v) is 8.45. The molecule has 1 aromatic heterocycles. The highest BCUT2D eigenvalue weighted by atomic mass is 19.1. The second-order valence-electron chi connectivity index (χ2n) is 6.36. The van der Waals surface area contributed by atoms with E-state index in [2.05, 4.69) is 15.5 Å². The molecule has 0 saturated carbocycles. The van der Waals surface area contributed by atoms with Crippen molar-refractivity contribution in [3.8, 4) is 5.75 Å². The number of carbonyl (C=O) groups is 1. The minimum Gasteiger partial charge on any atom is -0.494 e. The molecule has 2 N–H and O–H groups in total. The number of amides is 1. The van der Waals surface area contributed by atoms with Crippen molar-refractivity contribution in [2.24, 2.45) is 5.92 Å². The van der Waals surface area contributed by atoms with Crippen LogP contribution in [0.4, 0.5) is 10.1 Å². The van der Waals surface area contributed by atoms with Crippen LogP contribution in [0.2, 0.25) is 0 Å². The van der Waals surface area contributed by atoms with Crippen LogP contribution in [0.5, 0.6) is 5.75 Å². The summed E-state index contributed by atoms with van der Waals surface area (Å²) in [5.41, 5.74) is 2.67. The molecule has 26 heavy (non-hydrogen) atoms. The fourth-order valence-electron chi connectivity index (χ4n) is 3.03. The summed E-state index contributed by atoms with van der Waals surface area (Å²) in [6.07, 6.45) is 4.16. The first kappa shape index (κ1) is 18.1. The molecule has 1 aromatic carbocycles. The maximum Gasteiger partial charge on any atom is 0.226 e. The van der Waals surface area contributed by atoms with Crippen molar-refractivity contribution in [2.45, 2.75) is 19.8 Å². The normalized spacial score (nSPS) is 17.0. The molecule has 0 saturated heterocycles. The molecule has 0 spiro atoms. The predicted molar refractivity (Wildman–Crippen MR) is 98.7 cm³/mol. The van der Waals surface area contributed by atoms with Crippen molar-refractivity contribution < 1.29 is 18.7 Å². The molecule has 1 aliphatic carbocycles. The van der Waals surface area contributed by atoms with Crippen LogP contribution in [0.15, 0.2) is 30.1 Å². The molecule has 0 radical (unpaired) electrons. The molecule has 1 amide bonds. The fraction of sp³-hybridized carbons (Fsp3) is 0.368. The van der Waals surface area contributed by atoms with E-state index in [9.17, 15) is 9.18 Å². The molecule has 7 heteroatoms. The summed E-state index contributed by atoms with van der Waals surface area (Å²) in [4.78, 5) is 12.0. The van der Waals surface area contributed by atoms with Crippen LogP contribution in [0, 0.1) is 5.92 Å². The molecule has 0 aliphatic heterocycles. The lowest BCUT2D eigenvalue weighted by Gasteiger charge is -2.14. The van der Waals surface area contributed by atoms with Crippen LogP contribution >= 0.6 is 0 Å². The number of aromatic amines is 1. The minimum absolute atomic E-state index is 0.105. The third-order valence-corrected chi connectivity index (χ3v) is 4.26. The number of aromatic nitrogens is 2. The third-order valence-electron chi connectivity index (χ3n) is 4.26. The third kappa shape index (κ3) is 3.77. The Morgan fingerprint density at radius 3 is 2.92 bits per heavy atom. The highest BCUT2D eigenvalue weighted by molar-refractivity contribution is 6.00. The van der Waals surface area contributed by atoms with E-state index in [1.54, 1.807) is 19.2 Å². The summed E-state index contributed by atoms with van der Waals surface area (Å²) < 4.78 is 24.2. The van der Waals surface area contributed by atoms with E-state index < -0.39 is 0 Å². The molecule has 1 aliphatic rings. The molecule has 1 atom stereocenters. The number of hydrogen-bond donors (Lipinski definition) is 2. The van der Waals surface area contributed by atoms with E-state index in [-0.39, 0.29) is 24.1 Å². The lowest BCUT2D eigenvalue weighted by atomic mass is 9.94. The van der Waals surface area contributed by atoms with Gasteiger partial charge in [0.1, 0.15) is 11.6 Å². The Balaban J connectivity index is 2.00. The number of hydrogen-bond acceptors (Lipinski definition) is 4. The SMILES string of the molecule is COCCC(=O)Nc1cc2c(C3=CC(C)CC(F)=C3)n[nH]c2cc1OC. The van der Waals surface area contributed by atoms with Crippen LogP contribution < -0.4 is 10.1 Å². The average molecular weight is 359 g/mol. The summed E-state index contributed by atoms with van der Waals surface area (Å²) in [6, 6.07) is 3.56. The largest absolute Gasteiger partial charge is 0.494 e. The lowest BCUT2D eigenvalue weighted by molar-refractivity contribution is -0.117. The highest BCUT2D eigenvalue weighted by Gasteiger charge is 2.19. The highest BCUT2D eigenvalue weighted by Crippen LogP contribution is 2.36. The van der Waals surface area contributed by atoms with Gasteiger partial charge in [0.2, 0.25) is 5.91 Å². The van der Waals surface area contributed by atoms with Crippen molar-refractivity contribution in [1.82, 2.24) is 10.2 Å². The van der Waals surface area contributed by atoms with Crippen LogP contribution in [-0.4, -0.2) is 36.9 Å². The summed E-state index contributed by atoms with van der Waals surface area (Å²) in [5, 5.41) is 10.9. The number of ether oxygens (including phenoxy) is 2. The Labute approximate surface area is 151 Å². The van der Waals surface area contributed by atoms with E-state index in [1.807, 2.05) is 13.0 Å². The van der Waals surface area contributed by atoms with Gasteiger partial charge in [0.15, 0.2) is 0 Å². The Bertz CT molecular complexity index is 886. The van der Waals surface area contributed by atoms with Crippen molar-refractivity contribution in [2.75, 3.05) is 26.1 Å². The monoisotopic (exact) mass is 359 g/mol. The summed E-state index contributed by atoms with van der Waals surface area (Å²) in [7, 11) is 3.08. The van der Waals surface area contributed by atoms with Gasteiger partial charge in [0.05, 0.1) is 37.0 Å². The van der Waals surface area contributed by atoms with Gasteiger partial charge >= 0.3 is 0 Å². The van der Waals surface area contributed by atoms with Crippen LogP contribution in [-0.2, 0) is 9.53 Å². The number of carbonyl (C=O) groups excluding carboxylic acids is 1. The molecule has 2 aromatic rings. The average Bonchev–Trinajstić information content (AvgIpc) is 3.01. The Hall–Kier alpha value is -2.67. The number of fused-ring (bicyclic) bond motifs is 1.